The highest BCUT2D eigenvalue weighted by Crippen LogP contribution is 1.94. The van der Waals surface area contributed by atoms with Gasteiger partial charge in [0.15, 0.2) is 0 Å². The Morgan fingerprint density at radius 1 is 0.706 bits per heavy atom. The van der Waals surface area contributed by atoms with Crippen molar-refractivity contribution in [3.63, 3.8) is 0 Å². The molecule has 0 aliphatic rings. The number of hydrogen-bond donors (Lipinski definition) is 1. The van der Waals surface area contributed by atoms with Gasteiger partial charge in [0.2, 0.25) is 0 Å². The van der Waals surface area contributed by atoms with Gasteiger partial charge in [-0.05, 0) is 5.92 Å². The molecule has 0 unspecified atom stereocenters. The van der Waals surface area contributed by atoms with Crippen molar-refractivity contribution >= 4 is 24.4 Å². The van der Waals surface area contributed by atoms with Gasteiger partial charge in [0, 0.05) is 6.92 Å². The van der Waals surface area contributed by atoms with E-state index in [1.54, 1.807) is 0 Å². The number of carbonyl (C=O) groups is 4. The SMILES string of the molecule is C=CCOC(=O)O.C=CCOC(=O)OCC(C)C.C=CCOC(=O)OCC=C.C=COC(C)=O. The first kappa shape index (κ1) is 37.3. The Bertz CT molecular complexity index is 596. The first-order valence-corrected chi connectivity index (χ1v) is 9.68. The van der Waals surface area contributed by atoms with E-state index < -0.39 is 18.5 Å². The van der Waals surface area contributed by atoms with Gasteiger partial charge in [0.05, 0.1) is 12.9 Å². The Kier molecular flexibility index (Phi) is 34.2. The molecule has 0 amide bonds. The lowest BCUT2D eigenvalue weighted by atomic mass is 10.2. The first-order chi connectivity index (χ1) is 16.0. The standard InChI is InChI=1S/C8H14O3.C7H10O3.C4H6O3.C4H6O2/c1-4-5-10-8(9)11-6-7(2)3;1-3-5-9-7(8)10-6-4-2;1-2-3-7-4(5)6;1-3-6-4(2)5/h4,7H,1,5-6H2,2-3H3;3-4H,1-2,5-6H2;2H,1,3H2,(H,5,6);3H,1H2,2H3. The lowest BCUT2D eigenvalue weighted by Gasteiger charge is -2.05. The van der Waals surface area contributed by atoms with E-state index in [4.69, 9.17) is 9.84 Å². The van der Waals surface area contributed by atoms with Crippen molar-refractivity contribution < 1.29 is 52.7 Å². The smallest absolute Gasteiger partial charge is 0.450 e. The fourth-order valence-electron chi connectivity index (χ4n) is 0.947. The van der Waals surface area contributed by atoms with Crippen LogP contribution >= 0.6 is 0 Å². The number of rotatable bonds is 11. The monoisotopic (exact) mass is 488 g/mol. The molecular formula is C23H36O11. The van der Waals surface area contributed by atoms with Crippen molar-refractivity contribution in [1.82, 2.24) is 0 Å². The van der Waals surface area contributed by atoms with Gasteiger partial charge in [-0.25, -0.2) is 14.4 Å². The third-order valence-corrected chi connectivity index (χ3v) is 2.07. The lowest BCUT2D eigenvalue weighted by Crippen LogP contribution is -2.11. The number of carbonyl (C=O) groups excluding carboxylic acids is 3. The van der Waals surface area contributed by atoms with Crippen LogP contribution in [0.25, 0.3) is 0 Å². The van der Waals surface area contributed by atoms with Crippen LogP contribution in [0.3, 0.4) is 0 Å². The minimum atomic E-state index is -1.26. The van der Waals surface area contributed by atoms with Gasteiger partial charge in [0.25, 0.3) is 0 Å². The molecule has 0 fully saturated rings. The van der Waals surface area contributed by atoms with Crippen LogP contribution in [-0.2, 0) is 33.2 Å². The minimum Gasteiger partial charge on any atom is -0.450 e. The summed E-state index contributed by atoms with van der Waals surface area (Å²) in [5.74, 6) is 0.0104. The van der Waals surface area contributed by atoms with Crippen LogP contribution in [-0.4, -0.2) is 62.6 Å². The van der Waals surface area contributed by atoms with Gasteiger partial charge < -0.3 is 33.5 Å². The summed E-state index contributed by atoms with van der Waals surface area (Å²) in [5, 5.41) is 7.77. The van der Waals surface area contributed by atoms with Gasteiger partial charge in [-0.1, -0.05) is 71.0 Å². The summed E-state index contributed by atoms with van der Waals surface area (Å²) in [5.41, 5.74) is 0. The largest absolute Gasteiger partial charge is 0.508 e. The summed E-state index contributed by atoms with van der Waals surface area (Å²) in [6.45, 7) is 22.8. The zero-order chi connectivity index (χ0) is 27.2. The molecule has 0 aromatic rings. The Balaban J connectivity index is -0.000000182. The summed E-state index contributed by atoms with van der Waals surface area (Å²) in [6, 6.07) is 0. The van der Waals surface area contributed by atoms with Crippen molar-refractivity contribution in [2.45, 2.75) is 20.8 Å². The van der Waals surface area contributed by atoms with Crippen molar-refractivity contribution in [2.75, 3.05) is 33.0 Å². The zero-order valence-corrected chi connectivity index (χ0v) is 20.1. The molecule has 0 bridgehead atoms. The highest BCUT2D eigenvalue weighted by molar-refractivity contribution is 5.66. The van der Waals surface area contributed by atoms with Gasteiger partial charge >= 0.3 is 24.4 Å². The Morgan fingerprint density at radius 3 is 1.26 bits per heavy atom. The predicted octanol–water partition coefficient (Wildman–Crippen LogP) is 5.05. The number of esters is 1. The lowest BCUT2D eigenvalue weighted by molar-refractivity contribution is -0.135. The van der Waals surface area contributed by atoms with E-state index in [9.17, 15) is 19.2 Å². The van der Waals surface area contributed by atoms with E-state index in [0.29, 0.717) is 12.5 Å². The summed E-state index contributed by atoms with van der Waals surface area (Å²) >= 11 is 0. The quantitative estimate of drug-likeness (QED) is 0.180. The molecule has 0 heterocycles. The van der Waals surface area contributed by atoms with Crippen LogP contribution in [0.4, 0.5) is 14.4 Å². The molecule has 0 aromatic carbocycles. The maximum Gasteiger partial charge on any atom is 0.508 e. The molecule has 0 saturated heterocycles. The van der Waals surface area contributed by atoms with E-state index in [1.165, 1.54) is 31.2 Å². The molecule has 0 aromatic heterocycles. The number of carboxylic acid groups (broad SMARTS) is 1. The van der Waals surface area contributed by atoms with E-state index in [1.807, 2.05) is 13.8 Å². The van der Waals surface area contributed by atoms with Crippen molar-refractivity contribution in [1.29, 1.82) is 0 Å². The summed E-state index contributed by atoms with van der Waals surface area (Å²) in [7, 11) is 0. The second-order valence-corrected chi connectivity index (χ2v) is 5.65. The van der Waals surface area contributed by atoms with Crippen LogP contribution in [0.2, 0.25) is 0 Å². The second-order valence-electron chi connectivity index (χ2n) is 5.65. The maximum atomic E-state index is 10.6. The fourth-order valence-corrected chi connectivity index (χ4v) is 0.947. The number of ether oxygens (including phenoxy) is 6. The van der Waals surface area contributed by atoms with Crippen LogP contribution in [0.15, 0.2) is 63.5 Å². The van der Waals surface area contributed by atoms with Gasteiger partial charge in [-0.15, -0.1) is 0 Å². The average Bonchev–Trinajstić information content (AvgIpc) is 2.78. The Labute approximate surface area is 200 Å². The van der Waals surface area contributed by atoms with Gasteiger partial charge in [-0.3, -0.25) is 4.79 Å². The molecular weight excluding hydrogens is 452 g/mol. The second kappa shape index (κ2) is 31.2. The molecule has 11 heteroatoms. The summed E-state index contributed by atoms with van der Waals surface area (Å²) < 4.78 is 26.3. The number of hydrogen-bond acceptors (Lipinski definition) is 10. The molecule has 0 radical (unpaired) electrons. The topological polar surface area (TPSA) is 144 Å². The molecule has 0 atom stereocenters. The molecule has 194 valence electrons. The molecule has 0 spiro atoms. The van der Waals surface area contributed by atoms with E-state index in [2.05, 4.69) is 56.6 Å². The van der Waals surface area contributed by atoms with Crippen LogP contribution < -0.4 is 0 Å². The van der Waals surface area contributed by atoms with Crippen LogP contribution in [0, 0.1) is 5.92 Å². The Hall–Kier alpha value is -4.02. The van der Waals surface area contributed by atoms with Crippen LogP contribution in [0.5, 0.6) is 0 Å². The molecule has 11 nitrogen and oxygen atoms in total. The van der Waals surface area contributed by atoms with E-state index in [0.717, 1.165) is 6.26 Å². The third-order valence-electron chi connectivity index (χ3n) is 2.07. The summed E-state index contributed by atoms with van der Waals surface area (Å²) in [4.78, 5) is 40.3. The maximum absolute atomic E-state index is 10.6. The van der Waals surface area contributed by atoms with Crippen molar-refractivity contribution in [3.05, 3.63) is 63.5 Å². The minimum absolute atomic E-state index is 0.0648. The van der Waals surface area contributed by atoms with Crippen molar-refractivity contribution in [2.24, 2.45) is 5.92 Å². The van der Waals surface area contributed by atoms with E-state index >= 15 is 0 Å². The zero-order valence-electron chi connectivity index (χ0n) is 20.1. The molecule has 1 N–H and O–H groups in total. The molecule has 0 aliphatic heterocycles. The predicted molar refractivity (Wildman–Crippen MR) is 126 cm³/mol. The third kappa shape index (κ3) is 51.0. The normalized spacial score (nSPS) is 8.12. The Morgan fingerprint density at radius 2 is 1.06 bits per heavy atom. The van der Waals surface area contributed by atoms with Crippen LogP contribution in [0.1, 0.15) is 20.8 Å². The molecule has 0 rings (SSSR count). The molecule has 0 saturated carbocycles. The van der Waals surface area contributed by atoms with Gasteiger partial charge in [0.1, 0.15) is 26.4 Å². The highest BCUT2D eigenvalue weighted by Gasteiger charge is 2.02. The van der Waals surface area contributed by atoms with E-state index in [-0.39, 0.29) is 32.4 Å². The highest BCUT2D eigenvalue weighted by atomic mass is 16.7. The van der Waals surface area contributed by atoms with Gasteiger partial charge in [-0.2, -0.15) is 0 Å². The molecule has 0 aliphatic carbocycles. The first-order valence-electron chi connectivity index (χ1n) is 9.68. The summed E-state index contributed by atoms with van der Waals surface area (Å²) in [6.07, 6.45) is 4.32. The fraction of sp³-hybridized carbons (Fsp3) is 0.391. The average molecular weight is 489 g/mol. The molecule has 34 heavy (non-hydrogen) atoms. The van der Waals surface area contributed by atoms with Crippen molar-refractivity contribution in [3.8, 4) is 0 Å².